The van der Waals surface area contributed by atoms with Gasteiger partial charge in [-0.3, -0.25) is 9.59 Å². The third-order valence-electron chi connectivity index (χ3n) is 3.71. The van der Waals surface area contributed by atoms with Gasteiger partial charge in [-0.1, -0.05) is 12.8 Å². The van der Waals surface area contributed by atoms with Crippen molar-refractivity contribution in [3.8, 4) is 0 Å². The van der Waals surface area contributed by atoms with Gasteiger partial charge in [-0.15, -0.1) is 0 Å². The van der Waals surface area contributed by atoms with Gasteiger partial charge in [0.1, 0.15) is 0 Å². The molecule has 1 aliphatic rings. The van der Waals surface area contributed by atoms with Crippen molar-refractivity contribution in [2.45, 2.75) is 64.4 Å². The number of carboxylic acids is 1. The molecule has 2 N–H and O–H groups in total. The highest BCUT2D eigenvalue weighted by Crippen LogP contribution is 2.32. The monoisotopic (exact) mass is 285 g/mol. The summed E-state index contributed by atoms with van der Waals surface area (Å²) in [6, 6.07) is 0. The first-order chi connectivity index (χ1) is 9.61. The summed E-state index contributed by atoms with van der Waals surface area (Å²) in [7, 11) is 0. The van der Waals surface area contributed by atoms with Crippen LogP contribution in [0.25, 0.3) is 0 Å². The third-order valence-corrected chi connectivity index (χ3v) is 3.71. The fourth-order valence-corrected chi connectivity index (χ4v) is 2.53. The molecule has 0 atom stereocenters. The first-order valence-corrected chi connectivity index (χ1v) is 7.72. The Bertz CT molecular complexity index is 300. The summed E-state index contributed by atoms with van der Waals surface area (Å²) in [5.74, 6) is -0.109. The molecule has 1 rings (SSSR count). The lowest BCUT2D eigenvalue weighted by molar-refractivity contribution is -0.137. The maximum atomic E-state index is 11.7. The van der Waals surface area contributed by atoms with Crippen molar-refractivity contribution in [3.05, 3.63) is 0 Å². The Morgan fingerprint density at radius 1 is 1.20 bits per heavy atom. The summed E-state index contributed by atoms with van der Waals surface area (Å²) in [6.07, 6.45) is 6.79. The Hall–Kier alpha value is -1.10. The molecular formula is C15H27NO4. The topological polar surface area (TPSA) is 75.6 Å². The van der Waals surface area contributed by atoms with E-state index in [2.05, 4.69) is 5.32 Å². The van der Waals surface area contributed by atoms with Gasteiger partial charge in [-0.25, -0.2) is 0 Å². The van der Waals surface area contributed by atoms with Crippen molar-refractivity contribution in [1.29, 1.82) is 0 Å². The molecule has 0 aliphatic heterocycles. The van der Waals surface area contributed by atoms with E-state index in [4.69, 9.17) is 9.84 Å². The van der Waals surface area contributed by atoms with Gasteiger partial charge in [0.15, 0.2) is 0 Å². The Labute approximate surface area is 121 Å². The molecule has 1 aliphatic carbocycles. The number of hydrogen-bond acceptors (Lipinski definition) is 3. The zero-order chi connectivity index (χ0) is 14.8. The van der Waals surface area contributed by atoms with E-state index in [-0.39, 0.29) is 12.3 Å². The van der Waals surface area contributed by atoms with Crippen LogP contribution < -0.4 is 5.32 Å². The highest BCUT2D eigenvalue weighted by atomic mass is 16.5. The molecule has 0 radical (unpaired) electrons. The molecule has 1 amide bonds. The van der Waals surface area contributed by atoms with Gasteiger partial charge in [0.05, 0.1) is 6.10 Å². The SMILES string of the molecule is CCOC1CC(CC(=O)NCCCCCCC(=O)O)C1. The van der Waals surface area contributed by atoms with Crippen LogP contribution in [0.15, 0.2) is 0 Å². The smallest absolute Gasteiger partial charge is 0.303 e. The van der Waals surface area contributed by atoms with Crippen LogP contribution in [0.3, 0.4) is 0 Å². The fraction of sp³-hybridized carbons (Fsp3) is 0.867. The Balaban J connectivity index is 1.87. The van der Waals surface area contributed by atoms with Gasteiger partial charge >= 0.3 is 5.97 Å². The summed E-state index contributed by atoms with van der Waals surface area (Å²) in [6.45, 7) is 3.45. The minimum absolute atomic E-state index is 0.135. The number of nitrogens with one attached hydrogen (secondary N) is 1. The van der Waals surface area contributed by atoms with Crippen LogP contribution in [-0.4, -0.2) is 36.2 Å². The normalized spacial score (nSPS) is 21.2. The molecule has 0 spiro atoms. The van der Waals surface area contributed by atoms with Crippen LogP contribution in [0.2, 0.25) is 0 Å². The van der Waals surface area contributed by atoms with Gasteiger partial charge in [-0.05, 0) is 38.5 Å². The fourth-order valence-electron chi connectivity index (χ4n) is 2.53. The summed E-state index contributed by atoms with van der Waals surface area (Å²) in [4.78, 5) is 22.0. The Morgan fingerprint density at radius 3 is 2.55 bits per heavy atom. The zero-order valence-corrected chi connectivity index (χ0v) is 12.4. The van der Waals surface area contributed by atoms with Crippen molar-refractivity contribution in [1.82, 2.24) is 5.32 Å². The molecule has 0 aromatic heterocycles. The van der Waals surface area contributed by atoms with Gasteiger partial charge < -0.3 is 15.2 Å². The average molecular weight is 285 g/mol. The molecule has 5 heteroatoms. The number of hydrogen-bond donors (Lipinski definition) is 2. The summed E-state index contributed by atoms with van der Waals surface area (Å²) >= 11 is 0. The second-order valence-electron chi connectivity index (χ2n) is 5.53. The summed E-state index contributed by atoms with van der Waals surface area (Å²) < 4.78 is 5.47. The molecule has 0 heterocycles. The van der Waals surface area contributed by atoms with Crippen LogP contribution in [-0.2, 0) is 14.3 Å². The molecule has 0 aromatic carbocycles. The number of unbranched alkanes of at least 4 members (excludes halogenated alkanes) is 3. The summed E-state index contributed by atoms with van der Waals surface area (Å²) in [5.41, 5.74) is 0. The summed E-state index contributed by atoms with van der Waals surface area (Å²) in [5, 5.41) is 11.4. The lowest BCUT2D eigenvalue weighted by atomic mass is 9.80. The highest BCUT2D eigenvalue weighted by Gasteiger charge is 2.30. The van der Waals surface area contributed by atoms with E-state index in [1.54, 1.807) is 0 Å². The van der Waals surface area contributed by atoms with Crippen molar-refractivity contribution < 1.29 is 19.4 Å². The molecule has 1 saturated carbocycles. The van der Waals surface area contributed by atoms with Gasteiger partial charge in [0.25, 0.3) is 0 Å². The number of rotatable bonds is 11. The van der Waals surface area contributed by atoms with Gasteiger partial charge in [-0.2, -0.15) is 0 Å². The Morgan fingerprint density at radius 2 is 1.90 bits per heavy atom. The number of carboxylic acid groups (broad SMARTS) is 1. The van der Waals surface area contributed by atoms with Crippen LogP contribution in [0, 0.1) is 5.92 Å². The van der Waals surface area contributed by atoms with E-state index in [1.165, 1.54) is 0 Å². The minimum atomic E-state index is -0.732. The van der Waals surface area contributed by atoms with Gasteiger partial charge in [0, 0.05) is 26.0 Å². The van der Waals surface area contributed by atoms with Crippen molar-refractivity contribution in [2.75, 3.05) is 13.2 Å². The van der Waals surface area contributed by atoms with Crippen molar-refractivity contribution in [3.63, 3.8) is 0 Å². The van der Waals surface area contributed by atoms with Gasteiger partial charge in [0.2, 0.25) is 5.91 Å². The number of carbonyl (C=O) groups is 2. The van der Waals surface area contributed by atoms with E-state index < -0.39 is 5.97 Å². The predicted molar refractivity (Wildman–Crippen MR) is 76.5 cm³/mol. The first kappa shape index (κ1) is 17.0. The largest absolute Gasteiger partial charge is 0.481 e. The molecule has 20 heavy (non-hydrogen) atoms. The molecule has 0 unspecified atom stereocenters. The third kappa shape index (κ3) is 7.48. The molecule has 1 fully saturated rings. The van der Waals surface area contributed by atoms with Crippen LogP contribution in [0.5, 0.6) is 0 Å². The zero-order valence-electron chi connectivity index (χ0n) is 12.4. The predicted octanol–water partition coefficient (Wildman–Crippen LogP) is 2.34. The molecular weight excluding hydrogens is 258 g/mol. The number of ether oxygens (including phenoxy) is 1. The Kier molecular flexibility index (Phi) is 8.26. The lowest BCUT2D eigenvalue weighted by Gasteiger charge is -2.34. The lowest BCUT2D eigenvalue weighted by Crippen LogP contribution is -2.36. The molecule has 0 saturated heterocycles. The van der Waals surface area contributed by atoms with E-state index in [1.807, 2.05) is 6.92 Å². The number of carbonyl (C=O) groups excluding carboxylic acids is 1. The molecule has 116 valence electrons. The van der Waals surface area contributed by atoms with Crippen LogP contribution >= 0.6 is 0 Å². The van der Waals surface area contributed by atoms with Crippen LogP contribution in [0.4, 0.5) is 0 Å². The number of amides is 1. The average Bonchev–Trinajstić information content (AvgIpc) is 2.35. The minimum Gasteiger partial charge on any atom is -0.481 e. The second kappa shape index (κ2) is 9.75. The van der Waals surface area contributed by atoms with Crippen LogP contribution in [0.1, 0.15) is 58.3 Å². The maximum Gasteiger partial charge on any atom is 0.303 e. The van der Waals surface area contributed by atoms with Crippen molar-refractivity contribution >= 4 is 11.9 Å². The quantitative estimate of drug-likeness (QED) is 0.571. The molecule has 0 bridgehead atoms. The second-order valence-corrected chi connectivity index (χ2v) is 5.53. The van der Waals surface area contributed by atoms with E-state index in [9.17, 15) is 9.59 Å². The van der Waals surface area contributed by atoms with E-state index in [0.717, 1.165) is 45.1 Å². The van der Waals surface area contributed by atoms with Crippen molar-refractivity contribution in [2.24, 2.45) is 5.92 Å². The molecule has 0 aromatic rings. The highest BCUT2D eigenvalue weighted by molar-refractivity contribution is 5.76. The first-order valence-electron chi connectivity index (χ1n) is 7.72. The maximum absolute atomic E-state index is 11.7. The molecule has 5 nitrogen and oxygen atoms in total. The van der Waals surface area contributed by atoms with E-state index in [0.29, 0.717) is 25.0 Å². The van der Waals surface area contributed by atoms with E-state index >= 15 is 0 Å². The standard InChI is InChI=1S/C15H27NO4/c1-2-20-13-9-12(10-13)11-14(17)16-8-6-4-3-5-7-15(18)19/h12-13H,2-11H2,1H3,(H,16,17)(H,18,19). The number of aliphatic carboxylic acids is 1.